The van der Waals surface area contributed by atoms with Gasteiger partial charge in [-0.2, -0.15) is 0 Å². The molecule has 0 bridgehead atoms. The summed E-state index contributed by atoms with van der Waals surface area (Å²) < 4.78 is 5.67. The van der Waals surface area contributed by atoms with E-state index in [-0.39, 0.29) is 5.91 Å². The van der Waals surface area contributed by atoms with Gasteiger partial charge in [0.2, 0.25) is 0 Å². The molecule has 0 spiro atoms. The Bertz CT molecular complexity index is 1200. The number of carbonyl (C=O) groups excluding carboxylic acids is 1. The first-order valence-corrected chi connectivity index (χ1v) is 11.1. The van der Waals surface area contributed by atoms with Crippen molar-refractivity contribution in [2.75, 3.05) is 27.2 Å². The number of aromatic nitrogens is 1. The van der Waals surface area contributed by atoms with Gasteiger partial charge in [0.1, 0.15) is 5.52 Å². The molecule has 2 aromatic rings. The average molecular weight is 429 g/mol. The number of hydrogen-bond donors (Lipinski definition) is 0. The fourth-order valence-corrected chi connectivity index (χ4v) is 4.56. The van der Waals surface area contributed by atoms with Crippen LogP contribution < -0.4 is 0 Å². The van der Waals surface area contributed by atoms with Gasteiger partial charge in [-0.1, -0.05) is 18.2 Å². The van der Waals surface area contributed by atoms with Crippen molar-refractivity contribution >= 4 is 22.6 Å². The molecule has 0 saturated carbocycles. The van der Waals surface area contributed by atoms with Gasteiger partial charge in [-0.25, -0.2) is 4.98 Å². The standard InChI is InChI=1S/C26H28N4O2/c1-18-27-24-10-7-20(15-25(24)32-18)19-5-4-6-22-8-9-23(17-30(22)26(31)16-19)29-13-11-21(12-14-29)28(2)3/h4-10,15-17,21H,11-14H2,1-3H3/b5-4+,19-16+,22-6+. The van der Waals surface area contributed by atoms with Crippen molar-refractivity contribution in [2.45, 2.75) is 25.8 Å². The molecule has 3 aliphatic rings. The Hall–Kier alpha value is -3.38. The molecule has 1 amide bonds. The van der Waals surface area contributed by atoms with Crippen molar-refractivity contribution in [3.8, 4) is 0 Å². The maximum atomic E-state index is 13.3. The number of hydrogen-bond acceptors (Lipinski definition) is 5. The molecule has 0 unspecified atom stereocenters. The lowest BCUT2D eigenvalue weighted by atomic mass is 10.0. The number of likely N-dealkylation sites (tertiary alicyclic amines) is 1. The molecule has 0 radical (unpaired) electrons. The Labute approximate surface area is 188 Å². The van der Waals surface area contributed by atoms with Crippen LogP contribution in [0.15, 0.2) is 76.7 Å². The normalized spacial score (nSPS) is 23.9. The summed E-state index contributed by atoms with van der Waals surface area (Å²) >= 11 is 0. The zero-order valence-electron chi connectivity index (χ0n) is 18.8. The maximum absolute atomic E-state index is 13.3. The van der Waals surface area contributed by atoms with Gasteiger partial charge < -0.3 is 14.2 Å². The van der Waals surface area contributed by atoms with Crippen LogP contribution >= 0.6 is 0 Å². The first-order valence-electron chi connectivity index (χ1n) is 11.1. The molecule has 1 aromatic heterocycles. The molecular weight excluding hydrogens is 400 g/mol. The second-order valence-electron chi connectivity index (χ2n) is 8.74. The highest BCUT2D eigenvalue weighted by molar-refractivity contribution is 6.00. The SMILES string of the molecule is Cc1nc2ccc(C3=C\C(=O)N4C=C(N5CCC(N(C)C)CC5)C=C\C4=C/C=C/3)cc2o1. The summed E-state index contributed by atoms with van der Waals surface area (Å²) in [5, 5.41) is 0. The van der Waals surface area contributed by atoms with Gasteiger partial charge in [-0.3, -0.25) is 9.69 Å². The number of nitrogens with zero attached hydrogens (tertiary/aromatic N) is 4. The molecule has 0 N–H and O–H groups in total. The van der Waals surface area contributed by atoms with Crippen LogP contribution in [0.1, 0.15) is 24.3 Å². The second kappa shape index (κ2) is 8.28. The molecular formula is C26H28N4O2. The fraction of sp³-hybridized carbons (Fsp3) is 0.308. The third kappa shape index (κ3) is 3.94. The minimum Gasteiger partial charge on any atom is -0.441 e. The summed E-state index contributed by atoms with van der Waals surface area (Å²) in [7, 11) is 4.30. The highest BCUT2D eigenvalue weighted by atomic mass is 16.3. The minimum atomic E-state index is -0.0607. The first kappa shape index (κ1) is 20.5. The molecule has 0 atom stereocenters. The smallest absolute Gasteiger partial charge is 0.255 e. The lowest BCUT2D eigenvalue weighted by molar-refractivity contribution is -0.122. The number of oxazole rings is 1. The predicted octanol–water partition coefficient (Wildman–Crippen LogP) is 4.24. The van der Waals surface area contributed by atoms with E-state index in [9.17, 15) is 4.79 Å². The second-order valence-corrected chi connectivity index (χ2v) is 8.74. The Balaban J connectivity index is 1.41. The van der Waals surface area contributed by atoms with Crippen molar-refractivity contribution in [1.82, 2.24) is 19.7 Å². The molecule has 4 heterocycles. The predicted molar refractivity (Wildman–Crippen MR) is 126 cm³/mol. The lowest BCUT2D eigenvalue weighted by Gasteiger charge is -2.38. The van der Waals surface area contributed by atoms with Crippen LogP contribution in [0, 0.1) is 6.92 Å². The van der Waals surface area contributed by atoms with E-state index in [1.807, 2.05) is 55.6 Å². The highest BCUT2D eigenvalue weighted by Crippen LogP contribution is 2.28. The van der Waals surface area contributed by atoms with Gasteiger partial charge in [0.15, 0.2) is 11.5 Å². The number of amides is 1. The molecule has 1 fully saturated rings. The first-order chi connectivity index (χ1) is 15.5. The van der Waals surface area contributed by atoms with Crippen LogP contribution in [0.5, 0.6) is 0 Å². The Morgan fingerprint density at radius 1 is 1.09 bits per heavy atom. The summed E-state index contributed by atoms with van der Waals surface area (Å²) in [6.45, 7) is 3.83. The summed E-state index contributed by atoms with van der Waals surface area (Å²) in [5.74, 6) is 0.574. The molecule has 1 aromatic carbocycles. The zero-order valence-corrected chi connectivity index (χ0v) is 18.8. The average Bonchev–Trinajstić information content (AvgIpc) is 3.16. The summed E-state index contributed by atoms with van der Waals surface area (Å²) in [6, 6.07) is 6.47. The van der Waals surface area contributed by atoms with E-state index in [2.05, 4.69) is 35.0 Å². The largest absolute Gasteiger partial charge is 0.441 e. The number of fused-ring (bicyclic) bond motifs is 2. The summed E-state index contributed by atoms with van der Waals surface area (Å²) in [6.07, 6.45) is 16.0. The number of allylic oxidation sites excluding steroid dienone is 6. The highest BCUT2D eigenvalue weighted by Gasteiger charge is 2.25. The van der Waals surface area contributed by atoms with Crippen molar-refractivity contribution in [2.24, 2.45) is 0 Å². The molecule has 32 heavy (non-hydrogen) atoms. The van der Waals surface area contributed by atoms with E-state index in [1.165, 1.54) is 0 Å². The molecule has 6 heteroatoms. The topological polar surface area (TPSA) is 52.8 Å². The number of rotatable bonds is 3. The van der Waals surface area contributed by atoms with E-state index >= 15 is 0 Å². The molecule has 6 nitrogen and oxygen atoms in total. The van der Waals surface area contributed by atoms with E-state index in [1.54, 1.807) is 11.0 Å². The molecule has 3 aliphatic heterocycles. The van der Waals surface area contributed by atoms with Gasteiger partial charge in [-0.05, 0) is 68.4 Å². The molecule has 0 aliphatic carbocycles. The van der Waals surface area contributed by atoms with E-state index < -0.39 is 0 Å². The van der Waals surface area contributed by atoms with Crippen LogP contribution in [0.4, 0.5) is 0 Å². The fourth-order valence-electron chi connectivity index (χ4n) is 4.56. The van der Waals surface area contributed by atoms with E-state index in [4.69, 9.17) is 4.42 Å². The van der Waals surface area contributed by atoms with Crippen LogP contribution in [0.2, 0.25) is 0 Å². The van der Waals surface area contributed by atoms with Gasteiger partial charge in [0.05, 0.1) is 5.70 Å². The summed E-state index contributed by atoms with van der Waals surface area (Å²) in [5.41, 5.74) is 5.28. The van der Waals surface area contributed by atoms with Crippen molar-refractivity contribution in [3.05, 3.63) is 83.7 Å². The van der Waals surface area contributed by atoms with E-state index in [0.717, 1.165) is 59.6 Å². The third-order valence-corrected chi connectivity index (χ3v) is 6.41. The van der Waals surface area contributed by atoms with Crippen molar-refractivity contribution in [3.63, 3.8) is 0 Å². The Morgan fingerprint density at radius 2 is 1.88 bits per heavy atom. The molecule has 1 saturated heterocycles. The van der Waals surface area contributed by atoms with Crippen LogP contribution in [0.25, 0.3) is 16.7 Å². The quantitative estimate of drug-likeness (QED) is 0.732. The van der Waals surface area contributed by atoms with E-state index in [0.29, 0.717) is 11.9 Å². The van der Waals surface area contributed by atoms with Gasteiger partial charge in [0, 0.05) is 44.0 Å². The number of piperidine rings is 1. The van der Waals surface area contributed by atoms with Crippen molar-refractivity contribution in [1.29, 1.82) is 0 Å². The van der Waals surface area contributed by atoms with Gasteiger partial charge >= 0.3 is 0 Å². The van der Waals surface area contributed by atoms with Gasteiger partial charge in [0.25, 0.3) is 5.91 Å². The molecule has 5 rings (SSSR count). The number of carbonyl (C=O) groups is 1. The Kier molecular flexibility index (Phi) is 5.31. The third-order valence-electron chi connectivity index (χ3n) is 6.41. The Morgan fingerprint density at radius 3 is 2.66 bits per heavy atom. The molecule has 164 valence electrons. The van der Waals surface area contributed by atoms with Crippen LogP contribution in [-0.2, 0) is 4.79 Å². The van der Waals surface area contributed by atoms with Crippen LogP contribution in [-0.4, -0.2) is 58.8 Å². The number of benzene rings is 1. The van der Waals surface area contributed by atoms with Crippen molar-refractivity contribution < 1.29 is 9.21 Å². The lowest BCUT2D eigenvalue weighted by Crippen LogP contribution is -2.42. The summed E-state index contributed by atoms with van der Waals surface area (Å²) in [4.78, 5) is 24.0. The van der Waals surface area contributed by atoms with Gasteiger partial charge in [-0.15, -0.1) is 0 Å². The monoisotopic (exact) mass is 428 g/mol. The van der Waals surface area contributed by atoms with Crippen LogP contribution in [0.3, 0.4) is 0 Å². The number of aryl methyl sites for hydroxylation is 1. The maximum Gasteiger partial charge on any atom is 0.255 e. The minimum absolute atomic E-state index is 0.0607. The zero-order chi connectivity index (χ0) is 22.2.